The third-order valence-electron chi connectivity index (χ3n) is 6.95. The molecular formula is C31H24ClFN6O3. The van der Waals surface area contributed by atoms with Crippen molar-refractivity contribution in [2.75, 3.05) is 12.4 Å². The summed E-state index contributed by atoms with van der Waals surface area (Å²) in [4.78, 5) is 40.3. The van der Waals surface area contributed by atoms with E-state index in [-0.39, 0.29) is 39.4 Å². The highest BCUT2D eigenvalue weighted by molar-refractivity contribution is 6.35. The minimum Gasteiger partial charge on any atom is -0.497 e. The molecule has 0 saturated carbocycles. The highest BCUT2D eigenvalue weighted by Crippen LogP contribution is 2.26. The van der Waals surface area contributed by atoms with E-state index in [9.17, 15) is 9.59 Å². The highest BCUT2D eigenvalue weighted by atomic mass is 35.5. The fraction of sp³-hybridized carbons (Fsp3) is 0.129. The molecule has 0 aliphatic rings. The van der Waals surface area contributed by atoms with Crippen molar-refractivity contribution in [3.05, 3.63) is 128 Å². The van der Waals surface area contributed by atoms with Gasteiger partial charge in [-0.2, -0.15) is 0 Å². The Morgan fingerprint density at radius 3 is 2.48 bits per heavy atom. The molecular weight excluding hydrogens is 559 g/mol. The summed E-state index contributed by atoms with van der Waals surface area (Å²) in [6.07, 6.45) is 2.44. The Morgan fingerprint density at radius 1 is 0.976 bits per heavy atom. The number of benzene rings is 3. The first-order valence-corrected chi connectivity index (χ1v) is 13.4. The number of anilines is 1. The van der Waals surface area contributed by atoms with Gasteiger partial charge in [0, 0.05) is 12.7 Å². The maximum Gasteiger partial charge on any atom is 0.267 e. The molecule has 42 heavy (non-hydrogen) atoms. The smallest absolute Gasteiger partial charge is 0.267 e. The van der Waals surface area contributed by atoms with E-state index >= 15 is 4.39 Å². The minimum absolute atomic E-state index is 0.0182. The van der Waals surface area contributed by atoms with Gasteiger partial charge in [-0.1, -0.05) is 48.0 Å². The Balaban J connectivity index is 1.47. The summed E-state index contributed by atoms with van der Waals surface area (Å²) in [7, 11) is 1.58. The number of hydrogen-bond acceptors (Lipinski definition) is 7. The monoisotopic (exact) mass is 582 g/mol. The molecule has 0 radical (unpaired) electrons. The first-order chi connectivity index (χ1) is 20.4. The summed E-state index contributed by atoms with van der Waals surface area (Å²) < 4.78 is 23.3. The van der Waals surface area contributed by atoms with Crippen molar-refractivity contribution in [1.29, 1.82) is 0 Å². The quantitative estimate of drug-likeness (QED) is 0.264. The maximum atomic E-state index is 15.0. The fourth-order valence-electron chi connectivity index (χ4n) is 4.93. The van der Waals surface area contributed by atoms with Gasteiger partial charge in [0.05, 0.1) is 34.8 Å². The summed E-state index contributed by atoms with van der Waals surface area (Å²) in [6.45, 7) is 2.03. The molecule has 0 fully saturated rings. The third-order valence-corrected chi connectivity index (χ3v) is 7.27. The topological polar surface area (TPSA) is 104 Å². The number of aromatic nitrogens is 5. The van der Waals surface area contributed by atoms with Gasteiger partial charge in [0.2, 0.25) is 5.43 Å². The average Bonchev–Trinajstić information content (AvgIpc) is 3.00. The van der Waals surface area contributed by atoms with Gasteiger partial charge in [0.1, 0.15) is 34.8 Å². The number of methoxy groups -OCH3 is 1. The zero-order valence-corrected chi connectivity index (χ0v) is 23.3. The summed E-state index contributed by atoms with van der Waals surface area (Å²) in [5.74, 6) is 0.209. The lowest BCUT2D eigenvalue weighted by Gasteiger charge is -2.21. The Hall–Kier alpha value is -5.09. The number of nitrogens with one attached hydrogen (secondary N) is 1. The Kier molecular flexibility index (Phi) is 7.13. The molecule has 3 heterocycles. The molecule has 0 spiro atoms. The number of fused-ring (bicyclic) bond motifs is 2. The van der Waals surface area contributed by atoms with Crippen LogP contribution in [-0.4, -0.2) is 31.2 Å². The number of hydrogen-bond donors (Lipinski definition) is 1. The highest BCUT2D eigenvalue weighted by Gasteiger charge is 2.22. The number of rotatable bonds is 7. The average molecular weight is 583 g/mol. The third kappa shape index (κ3) is 4.86. The largest absolute Gasteiger partial charge is 0.497 e. The molecule has 3 aromatic carbocycles. The van der Waals surface area contributed by atoms with E-state index in [1.165, 1.54) is 10.9 Å². The van der Waals surface area contributed by atoms with Gasteiger partial charge < -0.3 is 14.6 Å². The van der Waals surface area contributed by atoms with E-state index in [0.29, 0.717) is 22.8 Å². The normalized spacial score (nSPS) is 12.0. The van der Waals surface area contributed by atoms with Gasteiger partial charge in [-0.15, -0.1) is 0 Å². The predicted octanol–water partition coefficient (Wildman–Crippen LogP) is 5.51. The molecule has 6 rings (SSSR count). The number of nitrogens with zero attached hydrogens (tertiary/aromatic N) is 5. The molecule has 9 nitrogen and oxygen atoms in total. The Morgan fingerprint density at radius 2 is 1.74 bits per heavy atom. The lowest BCUT2D eigenvalue weighted by Crippen LogP contribution is -2.28. The van der Waals surface area contributed by atoms with Gasteiger partial charge in [-0.3, -0.25) is 14.2 Å². The molecule has 3 aromatic heterocycles. The number of para-hydroxylation sites is 1. The molecule has 210 valence electrons. The van der Waals surface area contributed by atoms with Crippen LogP contribution in [0.15, 0.2) is 94.9 Å². The van der Waals surface area contributed by atoms with Gasteiger partial charge in [-0.05, 0) is 48.9 Å². The van der Waals surface area contributed by atoms with E-state index in [1.807, 2.05) is 30.3 Å². The van der Waals surface area contributed by atoms with Crippen LogP contribution in [-0.2, 0) is 6.54 Å². The van der Waals surface area contributed by atoms with Crippen LogP contribution in [0.3, 0.4) is 0 Å². The first kappa shape index (κ1) is 27.1. The minimum atomic E-state index is -0.943. The van der Waals surface area contributed by atoms with Crippen molar-refractivity contribution >= 4 is 39.4 Å². The standard InChI is InChI=1S/C31H24ClFN6O3/c1-18(29-37-24-10-6-9-22(32)25(24)31(41)39(29)20-7-4-3-5-8-20)36-28-26-27(40)23(33)16-38(30(26)35-17-34-28)15-19-11-13-21(42-2)14-12-19/h3-14,16-18H,15H2,1-2H3,(H,34,35,36)/t18-/m0/s1. The van der Waals surface area contributed by atoms with E-state index in [4.69, 9.17) is 21.3 Å². The van der Waals surface area contributed by atoms with Crippen LogP contribution in [0.4, 0.5) is 10.2 Å². The van der Waals surface area contributed by atoms with Crippen LogP contribution in [0, 0.1) is 5.82 Å². The van der Waals surface area contributed by atoms with E-state index in [1.54, 1.807) is 61.1 Å². The molecule has 6 aromatic rings. The molecule has 1 N–H and O–H groups in total. The van der Waals surface area contributed by atoms with Crippen molar-refractivity contribution < 1.29 is 9.13 Å². The van der Waals surface area contributed by atoms with Crippen LogP contribution in [0.5, 0.6) is 5.75 Å². The molecule has 0 unspecified atom stereocenters. The number of pyridine rings is 1. The fourth-order valence-corrected chi connectivity index (χ4v) is 5.18. The summed E-state index contributed by atoms with van der Waals surface area (Å²) in [5.41, 5.74) is 0.920. The molecule has 0 aliphatic carbocycles. The van der Waals surface area contributed by atoms with Gasteiger partial charge in [-0.25, -0.2) is 19.3 Å². The second-order valence-electron chi connectivity index (χ2n) is 9.65. The summed E-state index contributed by atoms with van der Waals surface area (Å²) >= 11 is 6.40. The van der Waals surface area contributed by atoms with Gasteiger partial charge >= 0.3 is 0 Å². The van der Waals surface area contributed by atoms with Crippen LogP contribution >= 0.6 is 11.6 Å². The number of ether oxygens (including phenoxy) is 1. The molecule has 11 heteroatoms. The SMILES string of the molecule is COc1ccc(Cn2cc(F)c(=O)c3c(N[C@@H](C)c4nc5cccc(Cl)c5c(=O)n4-c4ccccc4)ncnc32)cc1. The maximum absolute atomic E-state index is 15.0. The Labute approximate surface area is 243 Å². The predicted molar refractivity (Wildman–Crippen MR) is 160 cm³/mol. The van der Waals surface area contributed by atoms with Crippen LogP contribution in [0.25, 0.3) is 27.6 Å². The van der Waals surface area contributed by atoms with E-state index < -0.39 is 17.3 Å². The lowest BCUT2D eigenvalue weighted by atomic mass is 10.2. The lowest BCUT2D eigenvalue weighted by molar-refractivity contribution is 0.414. The van der Waals surface area contributed by atoms with Gasteiger partial charge in [0.15, 0.2) is 5.82 Å². The summed E-state index contributed by atoms with van der Waals surface area (Å²) in [5, 5.41) is 3.75. The van der Waals surface area contributed by atoms with E-state index in [0.717, 1.165) is 11.8 Å². The van der Waals surface area contributed by atoms with Crippen LogP contribution in [0.2, 0.25) is 5.02 Å². The zero-order valence-electron chi connectivity index (χ0n) is 22.6. The second-order valence-corrected chi connectivity index (χ2v) is 10.1. The molecule has 0 saturated heterocycles. The van der Waals surface area contributed by atoms with E-state index in [2.05, 4.69) is 15.3 Å². The molecule has 1 atom stereocenters. The Bertz CT molecular complexity index is 2060. The van der Waals surface area contributed by atoms with Crippen molar-refractivity contribution in [3.8, 4) is 11.4 Å². The van der Waals surface area contributed by atoms with Crippen molar-refractivity contribution in [2.45, 2.75) is 19.5 Å². The molecule has 0 amide bonds. The molecule has 0 bridgehead atoms. The van der Waals surface area contributed by atoms with Gasteiger partial charge in [0.25, 0.3) is 5.56 Å². The zero-order chi connectivity index (χ0) is 29.4. The number of halogens is 2. The van der Waals surface area contributed by atoms with Crippen molar-refractivity contribution in [1.82, 2.24) is 24.1 Å². The molecule has 0 aliphatic heterocycles. The van der Waals surface area contributed by atoms with Crippen molar-refractivity contribution in [3.63, 3.8) is 0 Å². The van der Waals surface area contributed by atoms with Crippen LogP contribution in [0.1, 0.15) is 24.4 Å². The second kappa shape index (κ2) is 11.1. The van der Waals surface area contributed by atoms with Crippen LogP contribution < -0.4 is 21.0 Å². The summed E-state index contributed by atoms with van der Waals surface area (Å²) in [6, 6.07) is 20.8. The first-order valence-electron chi connectivity index (χ1n) is 13.1. The van der Waals surface area contributed by atoms with Crippen molar-refractivity contribution in [2.24, 2.45) is 0 Å².